The lowest BCUT2D eigenvalue weighted by Gasteiger charge is -2.04. The summed E-state index contributed by atoms with van der Waals surface area (Å²) in [5, 5.41) is 11.5. The molecule has 0 saturated heterocycles. The number of esters is 1. The van der Waals surface area contributed by atoms with E-state index in [1.165, 1.54) is 25.5 Å². The predicted molar refractivity (Wildman–Crippen MR) is 98.1 cm³/mol. The minimum absolute atomic E-state index is 0.188. The van der Waals surface area contributed by atoms with Crippen molar-refractivity contribution in [3.8, 4) is 11.3 Å². The fraction of sp³-hybridized carbons (Fsp3) is 0.278. The first-order valence-corrected chi connectivity index (χ1v) is 8.45. The van der Waals surface area contributed by atoms with Crippen LogP contribution < -0.4 is 5.32 Å². The first-order valence-electron chi connectivity index (χ1n) is 8.45. The Labute approximate surface area is 155 Å². The van der Waals surface area contributed by atoms with Gasteiger partial charge in [-0.1, -0.05) is 6.08 Å². The highest BCUT2D eigenvalue weighted by molar-refractivity contribution is 6.00. The molecule has 9 heteroatoms. The molecule has 3 rings (SSSR count). The van der Waals surface area contributed by atoms with E-state index in [9.17, 15) is 9.59 Å². The molecular weight excluding hydrogens is 348 g/mol. The SMILES string of the molecule is CCn1cc(-c2ccnc3c(C(=O)NC/C=C/C(=O)OC)cnn23)c(C)n1. The Bertz CT molecular complexity index is 1020. The summed E-state index contributed by atoms with van der Waals surface area (Å²) < 4.78 is 7.97. The number of hydrogen-bond acceptors (Lipinski definition) is 6. The second-order valence-electron chi connectivity index (χ2n) is 5.74. The van der Waals surface area contributed by atoms with Gasteiger partial charge in [-0.15, -0.1) is 0 Å². The molecule has 0 bridgehead atoms. The van der Waals surface area contributed by atoms with Gasteiger partial charge in [0.15, 0.2) is 5.65 Å². The number of aryl methyl sites for hydroxylation is 2. The second kappa shape index (κ2) is 7.81. The number of aromatic nitrogens is 5. The van der Waals surface area contributed by atoms with E-state index in [-0.39, 0.29) is 12.5 Å². The van der Waals surface area contributed by atoms with E-state index in [1.807, 2.05) is 30.8 Å². The molecule has 9 nitrogen and oxygen atoms in total. The second-order valence-corrected chi connectivity index (χ2v) is 5.74. The third kappa shape index (κ3) is 3.71. The molecule has 3 aromatic rings. The summed E-state index contributed by atoms with van der Waals surface area (Å²) in [6.07, 6.45) is 7.83. The minimum Gasteiger partial charge on any atom is -0.466 e. The largest absolute Gasteiger partial charge is 0.466 e. The number of carbonyl (C=O) groups excluding carboxylic acids is 2. The molecule has 1 amide bonds. The van der Waals surface area contributed by atoms with Crippen molar-refractivity contribution < 1.29 is 14.3 Å². The normalized spacial score (nSPS) is 11.2. The number of fused-ring (bicyclic) bond motifs is 1. The molecule has 0 aliphatic rings. The fourth-order valence-corrected chi connectivity index (χ4v) is 2.66. The molecule has 0 saturated carbocycles. The lowest BCUT2D eigenvalue weighted by Crippen LogP contribution is -2.23. The van der Waals surface area contributed by atoms with Gasteiger partial charge in [0.1, 0.15) is 5.56 Å². The van der Waals surface area contributed by atoms with Crippen LogP contribution in [0.4, 0.5) is 0 Å². The third-order valence-electron chi connectivity index (χ3n) is 4.03. The quantitative estimate of drug-likeness (QED) is 0.521. The first kappa shape index (κ1) is 18.3. The highest BCUT2D eigenvalue weighted by Crippen LogP contribution is 2.23. The molecule has 1 N–H and O–H groups in total. The lowest BCUT2D eigenvalue weighted by atomic mass is 10.2. The summed E-state index contributed by atoms with van der Waals surface area (Å²) >= 11 is 0. The molecule has 0 atom stereocenters. The van der Waals surface area contributed by atoms with Gasteiger partial charge in [-0.05, 0) is 19.9 Å². The van der Waals surface area contributed by atoms with Crippen LogP contribution in [0.5, 0.6) is 0 Å². The summed E-state index contributed by atoms with van der Waals surface area (Å²) in [5.74, 6) is -0.806. The van der Waals surface area contributed by atoms with Crippen LogP contribution >= 0.6 is 0 Å². The minimum atomic E-state index is -0.477. The van der Waals surface area contributed by atoms with Crippen LogP contribution in [0.25, 0.3) is 16.9 Å². The number of hydrogen-bond donors (Lipinski definition) is 1. The average Bonchev–Trinajstić information content (AvgIpc) is 3.28. The average molecular weight is 368 g/mol. The van der Waals surface area contributed by atoms with Crippen molar-refractivity contribution in [3.05, 3.63) is 48.1 Å². The summed E-state index contributed by atoms with van der Waals surface area (Å²) in [6.45, 7) is 4.90. The molecule has 0 spiro atoms. The zero-order valence-electron chi connectivity index (χ0n) is 15.3. The number of methoxy groups -OCH3 is 1. The number of nitrogens with one attached hydrogen (secondary N) is 1. The molecule has 0 aromatic carbocycles. The van der Waals surface area contributed by atoms with E-state index in [0.29, 0.717) is 11.2 Å². The van der Waals surface area contributed by atoms with Gasteiger partial charge < -0.3 is 10.1 Å². The van der Waals surface area contributed by atoms with Crippen molar-refractivity contribution in [1.82, 2.24) is 29.7 Å². The fourth-order valence-electron chi connectivity index (χ4n) is 2.66. The van der Waals surface area contributed by atoms with Crippen molar-refractivity contribution >= 4 is 17.5 Å². The van der Waals surface area contributed by atoms with Crippen LogP contribution in [0.3, 0.4) is 0 Å². The molecule has 3 heterocycles. The molecule has 0 aliphatic carbocycles. The highest BCUT2D eigenvalue weighted by atomic mass is 16.5. The van der Waals surface area contributed by atoms with Crippen molar-refractivity contribution in [2.75, 3.05) is 13.7 Å². The molecule has 140 valence electrons. The Morgan fingerprint density at radius 3 is 2.89 bits per heavy atom. The predicted octanol–water partition coefficient (Wildman–Crippen LogP) is 1.38. The Morgan fingerprint density at radius 2 is 2.19 bits per heavy atom. The molecule has 0 unspecified atom stereocenters. The van der Waals surface area contributed by atoms with Crippen molar-refractivity contribution in [2.45, 2.75) is 20.4 Å². The number of rotatable bonds is 6. The van der Waals surface area contributed by atoms with E-state index < -0.39 is 5.97 Å². The summed E-state index contributed by atoms with van der Waals surface area (Å²) in [5.41, 5.74) is 3.41. The van der Waals surface area contributed by atoms with Crippen molar-refractivity contribution in [2.24, 2.45) is 0 Å². The maximum Gasteiger partial charge on any atom is 0.330 e. The number of ether oxygens (including phenoxy) is 1. The van der Waals surface area contributed by atoms with Crippen LogP contribution in [0.2, 0.25) is 0 Å². The third-order valence-corrected chi connectivity index (χ3v) is 4.03. The molecule has 3 aromatic heterocycles. The zero-order valence-corrected chi connectivity index (χ0v) is 15.3. The molecule has 27 heavy (non-hydrogen) atoms. The van der Waals surface area contributed by atoms with Gasteiger partial charge in [0.05, 0.1) is 24.7 Å². The molecular formula is C18H20N6O3. The molecule has 0 aliphatic heterocycles. The van der Waals surface area contributed by atoms with Gasteiger partial charge in [0.2, 0.25) is 0 Å². The van der Waals surface area contributed by atoms with Crippen molar-refractivity contribution in [1.29, 1.82) is 0 Å². The van der Waals surface area contributed by atoms with Gasteiger partial charge in [0, 0.05) is 37.1 Å². The van der Waals surface area contributed by atoms with E-state index in [0.717, 1.165) is 23.5 Å². The lowest BCUT2D eigenvalue weighted by molar-refractivity contribution is -0.134. The van der Waals surface area contributed by atoms with Gasteiger partial charge >= 0.3 is 5.97 Å². The smallest absolute Gasteiger partial charge is 0.330 e. The molecule has 0 fully saturated rings. The first-order chi connectivity index (χ1) is 13.0. The Balaban J connectivity index is 1.87. The molecule has 0 radical (unpaired) electrons. The Hall–Kier alpha value is -3.49. The Morgan fingerprint density at radius 1 is 1.37 bits per heavy atom. The van der Waals surface area contributed by atoms with Crippen LogP contribution in [0.1, 0.15) is 23.0 Å². The number of carbonyl (C=O) groups is 2. The zero-order chi connectivity index (χ0) is 19.4. The monoisotopic (exact) mass is 368 g/mol. The maximum absolute atomic E-state index is 12.4. The Kier molecular flexibility index (Phi) is 5.30. The van der Waals surface area contributed by atoms with Crippen LogP contribution in [0.15, 0.2) is 36.8 Å². The maximum atomic E-state index is 12.4. The van der Waals surface area contributed by atoms with Crippen LogP contribution in [-0.2, 0) is 16.1 Å². The van der Waals surface area contributed by atoms with E-state index >= 15 is 0 Å². The van der Waals surface area contributed by atoms with Crippen LogP contribution in [0, 0.1) is 6.92 Å². The topological polar surface area (TPSA) is 103 Å². The van der Waals surface area contributed by atoms with Crippen molar-refractivity contribution in [3.63, 3.8) is 0 Å². The van der Waals surface area contributed by atoms with Gasteiger partial charge in [0.25, 0.3) is 5.91 Å². The summed E-state index contributed by atoms with van der Waals surface area (Å²) in [4.78, 5) is 27.8. The summed E-state index contributed by atoms with van der Waals surface area (Å²) in [7, 11) is 1.29. The summed E-state index contributed by atoms with van der Waals surface area (Å²) in [6, 6.07) is 1.84. The van der Waals surface area contributed by atoms with E-state index in [2.05, 4.69) is 25.2 Å². The number of amides is 1. The number of nitrogens with zero attached hydrogens (tertiary/aromatic N) is 5. The van der Waals surface area contributed by atoms with Crippen LogP contribution in [-0.4, -0.2) is 49.9 Å². The van der Waals surface area contributed by atoms with Gasteiger partial charge in [-0.2, -0.15) is 10.2 Å². The van der Waals surface area contributed by atoms with Gasteiger partial charge in [-0.3, -0.25) is 9.48 Å². The van der Waals surface area contributed by atoms with Gasteiger partial charge in [-0.25, -0.2) is 14.3 Å². The highest BCUT2D eigenvalue weighted by Gasteiger charge is 2.17. The standard InChI is InChI=1S/C18H20N6O3/c1-4-23-11-14(12(2)22-23)15-7-9-19-17-13(10-21-24(15)17)18(26)20-8-5-6-16(25)27-3/h5-7,9-11H,4,8H2,1-3H3,(H,20,26)/b6-5+. The van der Waals surface area contributed by atoms with E-state index in [1.54, 1.807) is 10.7 Å². The van der Waals surface area contributed by atoms with E-state index in [4.69, 9.17) is 0 Å².